The van der Waals surface area contributed by atoms with Crippen molar-refractivity contribution in [2.45, 2.75) is 20.3 Å². The van der Waals surface area contributed by atoms with Gasteiger partial charge in [-0.2, -0.15) is 9.97 Å². The molecule has 0 radical (unpaired) electrons. The van der Waals surface area contributed by atoms with Gasteiger partial charge in [-0.15, -0.1) is 0 Å². The summed E-state index contributed by atoms with van der Waals surface area (Å²) in [5.74, 6) is 0.646. The van der Waals surface area contributed by atoms with Crippen molar-refractivity contribution in [1.29, 1.82) is 0 Å². The van der Waals surface area contributed by atoms with E-state index in [1.165, 1.54) is 0 Å². The molecular formula is C13H19ClN6. The number of anilines is 1. The first-order valence-corrected chi connectivity index (χ1v) is 7.22. The van der Waals surface area contributed by atoms with Gasteiger partial charge in [0.05, 0.1) is 0 Å². The summed E-state index contributed by atoms with van der Waals surface area (Å²) in [5.41, 5.74) is 1.17. The molecule has 7 heteroatoms. The van der Waals surface area contributed by atoms with Crippen molar-refractivity contribution in [3.8, 4) is 0 Å². The van der Waals surface area contributed by atoms with Crippen molar-refractivity contribution < 1.29 is 0 Å². The van der Waals surface area contributed by atoms with E-state index in [9.17, 15) is 0 Å². The minimum atomic E-state index is 0.184. The third-order valence-electron chi connectivity index (χ3n) is 3.14. The Balaban J connectivity index is 1.99. The van der Waals surface area contributed by atoms with Gasteiger partial charge in [0.1, 0.15) is 0 Å². The molecule has 0 saturated heterocycles. The van der Waals surface area contributed by atoms with Crippen LogP contribution in [0.15, 0.2) is 12.4 Å². The van der Waals surface area contributed by atoms with Gasteiger partial charge < -0.3 is 10.2 Å². The van der Waals surface area contributed by atoms with Crippen LogP contribution >= 0.6 is 11.6 Å². The normalized spacial score (nSPS) is 11.2. The predicted octanol–water partition coefficient (Wildman–Crippen LogP) is 2.22. The molecule has 0 aliphatic rings. The number of nitrogens with zero attached hydrogens (tertiary/aromatic N) is 5. The molecule has 0 saturated carbocycles. The Labute approximate surface area is 123 Å². The highest BCUT2D eigenvalue weighted by Crippen LogP contribution is 2.17. The molecule has 0 atom stereocenters. The largest absolute Gasteiger partial charge is 0.368 e. The van der Waals surface area contributed by atoms with E-state index in [1.54, 1.807) is 12.4 Å². The van der Waals surface area contributed by atoms with Crippen LogP contribution in [-0.4, -0.2) is 51.0 Å². The summed E-state index contributed by atoms with van der Waals surface area (Å²) in [6.07, 6.45) is 4.25. The third kappa shape index (κ3) is 3.74. The standard InChI is InChI=1S/C13H19ClN6/c1-3-20(4-2)9-5-6-16-11-10-12(17-8-7-15-10)19-13(14)18-11/h7-8H,3-6,9H2,1-2H3,(H,16,17,18,19). The summed E-state index contributed by atoms with van der Waals surface area (Å²) in [5, 5.41) is 3.45. The van der Waals surface area contributed by atoms with Crippen molar-refractivity contribution in [3.05, 3.63) is 17.7 Å². The Morgan fingerprint density at radius 3 is 2.65 bits per heavy atom. The molecular weight excluding hydrogens is 276 g/mol. The topological polar surface area (TPSA) is 66.8 Å². The van der Waals surface area contributed by atoms with Crippen molar-refractivity contribution in [2.24, 2.45) is 0 Å². The van der Waals surface area contributed by atoms with E-state index in [4.69, 9.17) is 11.6 Å². The van der Waals surface area contributed by atoms with Crippen LogP contribution in [0, 0.1) is 0 Å². The SMILES string of the molecule is CCN(CC)CCCNc1nc(Cl)nc2nccnc12. The number of aromatic nitrogens is 4. The van der Waals surface area contributed by atoms with Gasteiger partial charge in [0.25, 0.3) is 0 Å². The molecule has 0 spiro atoms. The lowest BCUT2D eigenvalue weighted by molar-refractivity contribution is 0.303. The molecule has 0 fully saturated rings. The van der Waals surface area contributed by atoms with Gasteiger partial charge in [-0.3, -0.25) is 0 Å². The molecule has 2 aromatic rings. The van der Waals surface area contributed by atoms with E-state index in [0.29, 0.717) is 17.0 Å². The zero-order chi connectivity index (χ0) is 14.4. The lowest BCUT2D eigenvalue weighted by atomic mass is 10.3. The molecule has 0 amide bonds. The molecule has 0 aliphatic heterocycles. The Bertz CT molecular complexity index is 558. The number of hydrogen-bond acceptors (Lipinski definition) is 6. The Morgan fingerprint density at radius 2 is 1.90 bits per heavy atom. The molecule has 6 nitrogen and oxygen atoms in total. The summed E-state index contributed by atoms with van der Waals surface area (Å²) in [4.78, 5) is 19.0. The van der Waals surface area contributed by atoms with Gasteiger partial charge in [-0.05, 0) is 37.7 Å². The van der Waals surface area contributed by atoms with Crippen LogP contribution in [0.2, 0.25) is 5.28 Å². The first-order chi connectivity index (χ1) is 9.74. The van der Waals surface area contributed by atoms with Gasteiger partial charge in [0.2, 0.25) is 5.28 Å². The highest BCUT2D eigenvalue weighted by molar-refractivity contribution is 6.28. The van der Waals surface area contributed by atoms with Crippen molar-refractivity contribution in [3.63, 3.8) is 0 Å². The number of rotatable bonds is 7. The van der Waals surface area contributed by atoms with Crippen LogP contribution in [-0.2, 0) is 0 Å². The number of hydrogen-bond donors (Lipinski definition) is 1. The molecule has 2 aromatic heterocycles. The zero-order valence-corrected chi connectivity index (χ0v) is 12.6. The van der Waals surface area contributed by atoms with Gasteiger partial charge in [-0.1, -0.05) is 13.8 Å². The van der Waals surface area contributed by atoms with Crippen LogP contribution < -0.4 is 5.32 Å². The average Bonchev–Trinajstić information content (AvgIpc) is 2.47. The molecule has 0 aromatic carbocycles. The minimum Gasteiger partial charge on any atom is -0.368 e. The van der Waals surface area contributed by atoms with E-state index in [-0.39, 0.29) is 5.28 Å². The second-order valence-corrected chi connectivity index (χ2v) is 4.72. The monoisotopic (exact) mass is 294 g/mol. The highest BCUT2D eigenvalue weighted by atomic mass is 35.5. The van der Waals surface area contributed by atoms with E-state index in [2.05, 4.69) is 44.0 Å². The highest BCUT2D eigenvalue weighted by Gasteiger charge is 2.08. The first-order valence-electron chi connectivity index (χ1n) is 6.85. The fourth-order valence-corrected chi connectivity index (χ4v) is 2.17. The van der Waals surface area contributed by atoms with E-state index in [1.807, 2.05) is 0 Å². The lowest BCUT2D eigenvalue weighted by Crippen LogP contribution is -2.25. The van der Waals surface area contributed by atoms with E-state index < -0.39 is 0 Å². The fourth-order valence-electron chi connectivity index (χ4n) is 2.01. The zero-order valence-electron chi connectivity index (χ0n) is 11.8. The quantitative estimate of drug-likeness (QED) is 0.624. The minimum absolute atomic E-state index is 0.184. The molecule has 2 heterocycles. The van der Waals surface area contributed by atoms with Gasteiger partial charge in [0.15, 0.2) is 17.0 Å². The predicted molar refractivity (Wildman–Crippen MR) is 81.0 cm³/mol. The molecule has 1 N–H and O–H groups in total. The smallest absolute Gasteiger partial charge is 0.226 e. The number of fused-ring (bicyclic) bond motifs is 1. The second kappa shape index (κ2) is 7.31. The van der Waals surface area contributed by atoms with Crippen LogP contribution in [0.25, 0.3) is 11.2 Å². The van der Waals surface area contributed by atoms with Crippen molar-refractivity contribution in [2.75, 3.05) is 31.5 Å². The fraction of sp³-hybridized carbons (Fsp3) is 0.538. The van der Waals surface area contributed by atoms with E-state index in [0.717, 1.165) is 32.6 Å². The average molecular weight is 295 g/mol. The van der Waals surface area contributed by atoms with Crippen LogP contribution in [0.1, 0.15) is 20.3 Å². The molecule has 0 bridgehead atoms. The summed E-state index contributed by atoms with van der Waals surface area (Å²) in [6.45, 7) is 8.36. The van der Waals surface area contributed by atoms with Crippen LogP contribution in [0.5, 0.6) is 0 Å². The third-order valence-corrected chi connectivity index (χ3v) is 3.31. The molecule has 20 heavy (non-hydrogen) atoms. The van der Waals surface area contributed by atoms with Gasteiger partial charge in [-0.25, -0.2) is 9.97 Å². The summed E-state index contributed by atoms with van der Waals surface area (Å²) >= 11 is 5.89. The second-order valence-electron chi connectivity index (χ2n) is 4.38. The summed E-state index contributed by atoms with van der Waals surface area (Å²) in [7, 11) is 0. The van der Waals surface area contributed by atoms with Crippen LogP contribution in [0.4, 0.5) is 5.82 Å². The van der Waals surface area contributed by atoms with Gasteiger partial charge in [0, 0.05) is 18.9 Å². The number of nitrogens with one attached hydrogen (secondary N) is 1. The molecule has 108 valence electrons. The van der Waals surface area contributed by atoms with Crippen molar-refractivity contribution in [1.82, 2.24) is 24.8 Å². The summed E-state index contributed by atoms with van der Waals surface area (Å²) in [6, 6.07) is 0. The van der Waals surface area contributed by atoms with Crippen LogP contribution in [0.3, 0.4) is 0 Å². The molecule has 0 aliphatic carbocycles. The Kier molecular flexibility index (Phi) is 5.43. The first kappa shape index (κ1) is 14.9. The van der Waals surface area contributed by atoms with Gasteiger partial charge >= 0.3 is 0 Å². The van der Waals surface area contributed by atoms with E-state index >= 15 is 0 Å². The Hall–Kier alpha value is -1.53. The lowest BCUT2D eigenvalue weighted by Gasteiger charge is -2.17. The Morgan fingerprint density at radius 1 is 1.15 bits per heavy atom. The molecule has 0 unspecified atom stereocenters. The maximum Gasteiger partial charge on any atom is 0.226 e. The maximum absolute atomic E-state index is 5.89. The summed E-state index contributed by atoms with van der Waals surface area (Å²) < 4.78 is 0. The number of halogens is 1. The maximum atomic E-state index is 5.89. The van der Waals surface area contributed by atoms with Crippen molar-refractivity contribution >= 4 is 28.6 Å². The molecule has 2 rings (SSSR count).